The van der Waals surface area contributed by atoms with E-state index in [1.807, 2.05) is 4.90 Å². The minimum Gasteiger partial charge on any atom is -0.389 e. The molecule has 4 heteroatoms. The van der Waals surface area contributed by atoms with Crippen molar-refractivity contribution in [3.63, 3.8) is 0 Å². The third-order valence-corrected chi connectivity index (χ3v) is 4.48. The van der Waals surface area contributed by atoms with Crippen molar-refractivity contribution < 1.29 is 9.90 Å². The largest absolute Gasteiger partial charge is 0.389 e. The van der Waals surface area contributed by atoms with Gasteiger partial charge < -0.3 is 15.3 Å². The number of amides is 1. The number of piperidine rings is 1. The predicted octanol–water partition coefficient (Wildman–Crippen LogP) is 1.14. The fourth-order valence-electron chi connectivity index (χ4n) is 3.28. The predicted molar refractivity (Wildman–Crippen MR) is 71.3 cm³/mol. The lowest BCUT2D eigenvalue weighted by molar-refractivity contribution is -0.142. The first-order chi connectivity index (χ1) is 8.65. The van der Waals surface area contributed by atoms with Gasteiger partial charge in [-0.15, -0.1) is 0 Å². The fourth-order valence-corrected chi connectivity index (χ4v) is 3.28. The van der Waals surface area contributed by atoms with Crippen LogP contribution in [0.25, 0.3) is 0 Å². The second-order valence-electron chi connectivity index (χ2n) is 5.81. The van der Waals surface area contributed by atoms with Crippen LogP contribution in [-0.4, -0.2) is 47.7 Å². The van der Waals surface area contributed by atoms with Crippen molar-refractivity contribution in [1.82, 2.24) is 10.2 Å². The summed E-state index contributed by atoms with van der Waals surface area (Å²) in [6.45, 7) is 4.91. The number of hydrogen-bond acceptors (Lipinski definition) is 3. The monoisotopic (exact) mass is 254 g/mol. The zero-order chi connectivity index (χ0) is 13.0. The average Bonchev–Trinajstić information content (AvgIpc) is 2.37. The number of hydrogen-bond donors (Lipinski definition) is 2. The normalized spacial score (nSPS) is 32.1. The Labute approximate surface area is 110 Å². The molecule has 1 saturated heterocycles. The van der Waals surface area contributed by atoms with Gasteiger partial charge in [0.25, 0.3) is 0 Å². The molecule has 0 aromatic rings. The number of aliphatic hydroxyl groups is 1. The highest BCUT2D eigenvalue weighted by atomic mass is 16.3. The maximum Gasteiger partial charge on any atom is 0.236 e. The molecular formula is C14H26N2O2. The van der Waals surface area contributed by atoms with Crippen LogP contribution in [0.5, 0.6) is 0 Å². The second-order valence-corrected chi connectivity index (χ2v) is 5.81. The van der Waals surface area contributed by atoms with Crippen molar-refractivity contribution in [2.75, 3.05) is 26.2 Å². The van der Waals surface area contributed by atoms with Crippen molar-refractivity contribution in [3.05, 3.63) is 0 Å². The highest BCUT2D eigenvalue weighted by Crippen LogP contribution is 2.39. The number of fused-ring (bicyclic) bond motifs is 1. The summed E-state index contributed by atoms with van der Waals surface area (Å²) in [6.07, 6.45) is 6.14. The van der Waals surface area contributed by atoms with Crippen LogP contribution < -0.4 is 5.32 Å². The molecule has 1 aliphatic heterocycles. The Kier molecular flexibility index (Phi) is 4.62. The van der Waals surface area contributed by atoms with Crippen LogP contribution in [0.4, 0.5) is 0 Å². The highest BCUT2D eigenvalue weighted by molar-refractivity contribution is 5.78. The van der Waals surface area contributed by atoms with Gasteiger partial charge in [-0.25, -0.2) is 0 Å². The van der Waals surface area contributed by atoms with Gasteiger partial charge in [0.1, 0.15) is 0 Å². The molecule has 4 nitrogen and oxygen atoms in total. The molecule has 2 rings (SSSR count). The first-order valence-corrected chi connectivity index (χ1v) is 7.36. The van der Waals surface area contributed by atoms with Crippen molar-refractivity contribution in [2.45, 2.75) is 51.0 Å². The lowest BCUT2D eigenvalue weighted by Gasteiger charge is -2.47. The standard InChI is InChI=1S/C14H26N2O2/c1-2-8-15-10-13(17)16-9-7-14(18)6-4-3-5-12(14)11-16/h12,15,18H,2-11H2,1H3. The number of nitrogens with one attached hydrogen (secondary N) is 1. The van der Waals surface area contributed by atoms with Gasteiger partial charge in [-0.1, -0.05) is 19.8 Å². The van der Waals surface area contributed by atoms with Gasteiger partial charge in [0.2, 0.25) is 5.91 Å². The Hall–Kier alpha value is -0.610. The number of carbonyl (C=O) groups excluding carboxylic acids is 1. The smallest absolute Gasteiger partial charge is 0.236 e. The van der Waals surface area contributed by atoms with E-state index in [0.29, 0.717) is 12.5 Å². The summed E-state index contributed by atoms with van der Waals surface area (Å²) in [5.74, 6) is 0.492. The average molecular weight is 254 g/mol. The molecule has 0 aromatic heterocycles. The summed E-state index contributed by atoms with van der Waals surface area (Å²) in [7, 11) is 0. The van der Waals surface area contributed by atoms with E-state index in [9.17, 15) is 9.90 Å². The maximum atomic E-state index is 12.0. The molecule has 18 heavy (non-hydrogen) atoms. The Balaban J connectivity index is 1.84. The third kappa shape index (κ3) is 3.04. The topological polar surface area (TPSA) is 52.6 Å². The fraction of sp³-hybridized carbons (Fsp3) is 0.929. The van der Waals surface area contributed by atoms with Gasteiger partial charge >= 0.3 is 0 Å². The summed E-state index contributed by atoms with van der Waals surface area (Å²) in [4.78, 5) is 14.0. The zero-order valence-corrected chi connectivity index (χ0v) is 11.5. The lowest BCUT2D eigenvalue weighted by Crippen LogP contribution is -2.55. The highest BCUT2D eigenvalue weighted by Gasteiger charge is 2.43. The third-order valence-electron chi connectivity index (χ3n) is 4.48. The number of rotatable bonds is 4. The van der Waals surface area contributed by atoms with Crippen molar-refractivity contribution in [1.29, 1.82) is 0 Å². The van der Waals surface area contributed by atoms with E-state index >= 15 is 0 Å². The van der Waals surface area contributed by atoms with Crippen LogP contribution in [0.2, 0.25) is 0 Å². The molecule has 1 amide bonds. The molecule has 1 heterocycles. The maximum absolute atomic E-state index is 12.0. The van der Waals surface area contributed by atoms with Gasteiger partial charge in [0, 0.05) is 19.0 Å². The zero-order valence-electron chi connectivity index (χ0n) is 11.5. The van der Waals surface area contributed by atoms with E-state index in [2.05, 4.69) is 12.2 Å². The van der Waals surface area contributed by atoms with Crippen molar-refractivity contribution in [3.8, 4) is 0 Å². The first-order valence-electron chi connectivity index (χ1n) is 7.36. The van der Waals surface area contributed by atoms with Gasteiger partial charge in [0.05, 0.1) is 12.1 Å². The quantitative estimate of drug-likeness (QED) is 0.740. The van der Waals surface area contributed by atoms with E-state index in [0.717, 1.165) is 51.7 Å². The minimum absolute atomic E-state index is 0.191. The van der Waals surface area contributed by atoms with Crippen LogP contribution in [0.3, 0.4) is 0 Å². The van der Waals surface area contributed by atoms with E-state index in [1.165, 1.54) is 6.42 Å². The number of nitrogens with zero attached hydrogens (tertiary/aromatic N) is 1. The summed E-state index contributed by atoms with van der Waals surface area (Å²) in [6, 6.07) is 0. The number of carbonyl (C=O) groups is 1. The van der Waals surface area contributed by atoms with E-state index in [1.54, 1.807) is 0 Å². The summed E-state index contributed by atoms with van der Waals surface area (Å²) in [5, 5.41) is 13.7. The molecule has 0 spiro atoms. The number of likely N-dealkylation sites (tertiary alicyclic amines) is 1. The van der Waals surface area contributed by atoms with Crippen LogP contribution in [0.15, 0.2) is 0 Å². The van der Waals surface area contributed by atoms with Crippen LogP contribution in [0, 0.1) is 5.92 Å². The lowest BCUT2D eigenvalue weighted by atomic mass is 9.71. The molecule has 1 saturated carbocycles. The van der Waals surface area contributed by atoms with Gasteiger partial charge in [-0.3, -0.25) is 4.79 Å². The SMILES string of the molecule is CCCNCC(=O)N1CCC2(O)CCCCC2C1. The molecule has 1 aliphatic carbocycles. The van der Waals surface area contributed by atoms with Crippen LogP contribution in [-0.2, 0) is 4.79 Å². The molecule has 104 valence electrons. The van der Waals surface area contributed by atoms with Crippen molar-refractivity contribution in [2.24, 2.45) is 5.92 Å². The van der Waals surface area contributed by atoms with E-state index in [4.69, 9.17) is 0 Å². The Morgan fingerprint density at radius 2 is 2.28 bits per heavy atom. The summed E-state index contributed by atoms with van der Waals surface area (Å²) >= 11 is 0. The summed E-state index contributed by atoms with van der Waals surface area (Å²) in [5.41, 5.74) is -0.480. The molecule has 2 unspecified atom stereocenters. The molecule has 0 radical (unpaired) electrons. The first kappa shape index (κ1) is 13.8. The second kappa shape index (κ2) is 6.02. The van der Waals surface area contributed by atoms with Crippen molar-refractivity contribution >= 4 is 5.91 Å². The van der Waals surface area contributed by atoms with Gasteiger partial charge in [-0.05, 0) is 32.2 Å². The van der Waals surface area contributed by atoms with E-state index < -0.39 is 5.60 Å². The van der Waals surface area contributed by atoms with Gasteiger partial charge in [0.15, 0.2) is 0 Å². The van der Waals surface area contributed by atoms with E-state index in [-0.39, 0.29) is 5.91 Å². The molecule has 2 atom stereocenters. The minimum atomic E-state index is -0.480. The summed E-state index contributed by atoms with van der Waals surface area (Å²) < 4.78 is 0. The molecular weight excluding hydrogens is 228 g/mol. The molecule has 2 fully saturated rings. The van der Waals surface area contributed by atoms with Crippen LogP contribution in [0.1, 0.15) is 45.4 Å². The van der Waals surface area contributed by atoms with Gasteiger partial charge in [-0.2, -0.15) is 0 Å². The van der Waals surface area contributed by atoms with Crippen LogP contribution >= 0.6 is 0 Å². The molecule has 0 aromatic carbocycles. The molecule has 2 N–H and O–H groups in total. The molecule has 2 aliphatic rings. The Morgan fingerprint density at radius 1 is 1.44 bits per heavy atom. The Morgan fingerprint density at radius 3 is 3.06 bits per heavy atom. The molecule has 0 bridgehead atoms. The Bertz CT molecular complexity index is 296.